The fourth-order valence-electron chi connectivity index (χ4n) is 2.21. The van der Waals surface area contributed by atoms with Gasteiger partial charge in [0, 0.05) is 6.42 Å². The number of aryl methyl sites for hydroxylation is 1. The van der Waals surface area contributed by atoms with Crippen LogP contribution < -0.4 is 0 Å². The van der Waals surface area contributed by atoms with Crippen molar-refractivity contribution in [2.75, 3.05) is 0 Å². The van der Waals surface area contributed by atoms with Crippen LogP contribution in [0.25, 0.3) is 0 Å². The van der Waals surface area contributed by atoms with Gasteiger partial charge in [0.15, 0.2) is 5.78 Å². The average molecular weight is 202 g/mol. The van der Waals surface area contributed by atoms with Crippen molar-refractivity contribution in [1.29, 1.82) is 0 Å². The second-order valence-corrected chi connectivity index (χ2v) is 3.97. The maximum absolute atomic E-state index is 11.6. The van der Waals surface area contributed by atoms with Crippen LogP contribution in [0.5, 0.6) is 5.75 Å². The molecule has 0 bridgehead atoms. The number of ketones is 1. The second-order valence-electron chi connectivity index (χ2n) is 3.97. The number of fused-ring (bicyclic) bond motifs is 1. The van der Waals surface area contributed by atoms with E-state index < -0.39 is 0 Å². The van der Waals surface area contributed by atoms with E-state index in [0.717, 1.165) is 23.1 Å². The third-order valence-corrected chi connectivity index (χ3v) is 2.95. The number of Topliss-reactive ketones (excluding diaryl/α,β-unsaturated/α-hetero) is 1. The Hall–Kier alpha value is -1.57. The van der Waals surface area contributed by atoms with Crippen molar-refractivity contribution >= 4 is 5.78 Å². The second kappa shape index (κ2) is 3.54. The summed E-state index contributed by atoms with van der Waals surface area (Å²) < 4.78 is 0. The number of hydrogen-bond donors (Lipinski definition) is 1. The van der Waals surface area contributed by atoms with Crippen LogP contribution in [0, 0.1) is 6.92 Å². The number of aromatic hydroxyl groups is 1. The summed E-state index contributed by atoms with van der Waals surface area (Å²) in [7, 11) is 0. The Morgan fingerprint density at radius 1 is 1.53 bits per heavy atom. The molecule has 1 aromatic carbocycles. The van der Waals surface area contributed by atoms with Gasteiger partial charge in [-0.05, 0) is 36.5 Å². The topological polar surface area (TPSA) is 37.3 Å². The predicted octanol–water partition coefficient (Wildman–Crippen LogP) is 2.56. The van der Waals surface area contributed by atoms with Gasteiger partial charge in [-0.3, -0.25) is 4.79 Å². The van der Waals surface area contributed by atoms with Gasteiger partial charge in [0.1, 0.15) is 5.75 Å². The molecule has 1 N–H and O–H groups in total. The minimum Gasteiger partial charge on any atom is -0.507 e. The molecule has 0 heterocycles. The highest BCUT2D eigenvalue weighted by Gasteiger charge is 2.26. The Kier molecular flexibility index (Phi) is 2.35. The molecule has 2 nitrogen and oxygen atoms in total. The lowest BCUT2D eigenvalue weighted by Crippen LogP contribution is -1.97. The smallest absolute Gasteiger partial charge is 0.167 e. The maximum Gasteiger partial charge on any atom is 0.167 e. The van der Waals surface area contributed by atoms with Crippen LogP contribution in [0.4, 0.5) is 0 Å². The largest absolute Gasteiger partial charge is 0.507 e. The molecule has 1 aromatic rings. The zero-order valence-corrected chi connectivity index (χ0v) is 8.84. The fourth-order valence-corrected chi connectivity index (χ4v) is 2.21. The third-order valence-electron chi connectivity index (χ3n) is 2.95. The SMILES string of the molecule is C=CCc1cc(C)c2c(c1O)C(=O)CC2. The minimum atomic E-state index is 0.0662. The lowest BCUT2D eigenvalue weighted by Gasteiger charge is -2.10. The predicted molar refractivity (Wildman–Crippen MR) is 59.4 cm³/mol. The quantitative estimate of drug-likeness (QED) is 0.748. The van der Waals surface area contributed by atoms with Crippen LogP contribution in [0.3, 0.4) is 0 Å². The van der Waals surface area contributed by atoms with Crippen molar-refractivity contribution in [1.82, 2.24) is 0 Å². The number of rotatable bonds is 2. The van der Waals surface area contributed by atoms with Gasteiger partial charge in [0.25, 0.3) is 0 Å². The van der Waals surface area contributed by atoms with E-state index >= 15 is 0 Å². The van der Waals surface area contributed by atoms with Gasteiger partial charge < -0.3 is 5.11 Å². The van der Waals surface area contributed by atoms with Crippen LogP contribution in [0.2, 0.25) is 0 Å². The first-order valence-corrected chi connectivity index (χ1v) is 5.13. The molecule has 1 aliphatic carbocycles. The summed E-state index contributed by atoms with van der Waals surface area (Å²) in [6.45, 7) is 5.63. The van der Waals surface area contributed by atoms with Crippen molar-refractivity contribution in [2.24, 2.45) is 0 Å². The van der Waals surface area contributed by atoms with E-state index in [4.69, 9.17) is 0 Å². The molecule has 0 saturated carbocycles. The van der Waals surface area contributed by atoms with Crippen molar-refractivity contribution in [3.8, 4) is 5.75 Å². The number of benzene rings is 1. The van der Waals surface area contributed by atoms with Gasteiger partial charge in [-0.25, -0.2) is 0 Å². The molecule has 0 amide bonds. The van der Waals surface area contributed by atoms with Crippen molar-refractivity contribution in [2.45, 2.75) is 26.2 Å². The Morgan fingerprint density at radius 2 is 2.27 bits per heavy atom. The Bertz CT molecular complexity index is 444. The standard InChI is InChI=1S/C13H14O2/c1-3-4-9-7-8(2)10-5-6-11(14)12(10)13(9)15/h3,7,15H,1,4-6H2,2H3. The molecule has 0 fully saturated rings. The fraction of sp³-hybridized carbons (Fsp3) is 0.308. The molecule has 0 radical (unpaired) electrons. The van der Waals surface area contributed by atoms with Gasteiger partial charge in [-0.2, -0.15) is 0 Å². The summed E-state index contributed by atoms with van der Waals surface area (Å²) in [5.74, 6) is 0.231. The van der Waals surface area contributed by atoms with Crippen LogP contribution in [0.1, 0.15) is 33.5 Å². The summed E-state index contributed by atoms with van der Waals surface area (Å²) >= 11 is 0. The average Bonchev–Trinajstić information content (AvgIpc) is 2.57. The summed E-state index contributed by atoms with van der Waals surface area (Å²) in [6.07, 6.45) is 3.64. The number of phenols is 1. The van der Waals surface area contributed by atoms with E-state index in [0.29, 0.717) is 18.4 Å². The molecular weight excluding hydrogens is 188 g/mol. The molecule has 0 spiro atoms. The van der Waals surface area contributed by atoms with E-state index in [-0.39, 0.29) is 11.5 Å². The van der Waals surface area contributed by atoms with E-state index in [9.17, 15) is 9.90 Å². The first-order chi connectivity index (χ1) is 7.15. The van der Waals surface area contributed by atoms with Gasteiger partial charge in [0.05, 0.1) is 5.56 Å². The molecule has 0 atom stereocenters. The normalized spacial score (nSPS) is 14.1. The van der Waals surface area contributed by atoms with Gasteiger partial charge in [0.2, 0.25) is 0 Å². The van der Waals surface area contributed by atoms with Gasteiger partial charge in [-0.15, -0.1) is 6.58 Å². The van der Waals surface area contributed by atoms with E-state index in [1.807, 2.05) is 13.0 Å². The first-order valence-electron chi connectivity index (χ1n) is 5.13. The van der Waals surface area contributed by atoms with Gasteiger partial charge >= 0.3 is 0 Å². The molecule has 78 valence electrons. The van der Waals surface area contributed by atoms with Crippen LogP contribution in [0.15, 0.2) is 18.7 Å². The number of hydrogen-bond acceptors (Lipinski definition) is 2. The summed E-state index contributed by atoms with van der Waals surface area (Å²) in [6, 6.07) is 1.95. The molecule has 0 unspecified atom stereocenters. The lowest BCUT2D eigenvalue weighted by molar-refractivity contribution is 0.0992. The highest BCUT2D eigenvalue weighted by molar-refractivity contribution is 6.03. The van der Waals surface area contributed by atoms with Gasteiger partial charge in [-0.1, -0.05) is 12.1 Å². The molecule has 0 saturated heterocycles. The highest BCUT2D eigenvalue weighted by atomic mass is 16.3. The summed E-state index contributed by atoms with van der Waals surface area (Å²) in [5.41, 5.74) is 3.47. The lowest BCUT2D eigenvalue weighted by atomic mass is 9.97. The Morgan fingerprint density at radius 3 is 2.93 bits per heavy atom. The first kappa shape index (κ1) is 9.97. The van der Waals surface area contributed by atoms with Crippen molar-refractivity contribution in [3.05, 3.63) is 41.0 Å². The molecule has 2 heteroatoms. The third kappa shape index (κ3) is 1.46. The summed E-state index contributed by atoms with van der Waals surface area (Å²) in [5, 5.41) is 9.97. The Balaban J connectivity index is 2.65. The highest BCUT2D eigenvalue weighted by Crippen LogP contribution is 2.35. The molecule has 1 aliphatic rings. The Labute approximate surface area is 89.2 Å². The molecule has 15 heavy (non-hydrogen) atoms. The van der Waals surface area contributed by atoms with Crippen molar-refractivity contribution < 1.29 is 9.90 Å². The van der Waals surface area contributed by atoms with Crippen LogP contribution in [-0.2, 0) is 12.8 Å². The van der Waals surface area contributed by atoms with E-state index in [1.54, 1.807) is 6.08 Å². The summed E-state index contributed by atoms with van der Waals surface area (Å²) in [4.78, 5) is 11.6. The van der Waals surface area contributed by atoms with E-state index in [2.05, 4.69) is 6.58 Å². The monoisotopic (exact) mass is 202 g/mol. The van der Waals surface area contributed by atoms with Crippen LogP contribution >= 0.6 is 0 Å². The number of carbonyl (C=O) groups is 1. The molecular formula is C13H14O2. The van der Waals surface area contributed by atoms with Crippen molar-refractivity contribution in [3.63, 3.8) is 0 Å². The zero-order chi connectivity index (χ0) is 11.0. The molecule has 0 aromatic heterocycles. The van der Waals surface area contributed by atoms with E-state index in [1.165, 1.54) is 0 Å². The number of phenolic OH excluding ortho intramolecular Hbond substituents is 1. The minimum absolute atomic E-state index is 0.0662. The zero-order valence-electron chi connectivity index (χ0n) is 8.84. The molecule has 2 rings (SSSR count). The number of allylic oxidation sites excluding steroid dienone is 1. The van der Waals surface area contributed by atoms with Crippen LogP contribution in [-0.4, -0.2) is 10.9 Å². The number of carbonyl (C=O) groups excluding carboxylic acids is 1. The molecule has 0 aliphatic heterocycles. The maximum atomic E-state index is 11.6.